The van der Waals surface area contributed by atoms with Crippen molar-refractivity contribution in [2.45, 2.75) is 13.0 Å². The predicted molar refractivity (Wildman–Crippen MR) is 82.9 cm³/mol. The van der Waals surface area contributed by atoms with Crippen LogP contribution in [0.3, 0.4) is 0 Å². The molecular weight excluding hydrogens is 356 g/mol. The molecule has 0 bridgehead atoms. The van der Waals surface area contributed by atoms with Crippen molar-refractivity contribution in [2.24, 2.45) is 0 Å². The monoisotopic (exact) mass is 369 g/mol. The van der Waals surface area contributed by atoms with Crippen molar-refractivity contribution in [1.82, 2.24) is 5.32 Å². The quantitative estimate of drug-likeness (QED) is 0.875. The molecule has 0 spiro atoms. The highest BCUT2D eigenvalue weighted by Crippen LogP contribution is 2.23. The van der Waals surface area contributed by atoms with Crippen molar-refractivity contribution >= 4 is 21.8 Å². The van der Waals surface area contributed by atoms with Gasteiger partial charge >= 0.3 is 0 Å². The molecule has 22 heavy (non-hydrogen) atoms. The van der Waals surface area contributed by atoms with Crippen LogP contribution in [0.1, 0.15) is 28.9 Å². The fraction of sp³-hybridized carbons (Fsp3) is 0.188. The normalized spacial score (nSPS) is 11.9. The Labute approximate surface area is 135 Å². The van der Waals surface area contributed by atoms with Crippen molar-refractivity contribution in [1.29, 1.82) is 0 Å². The maximum atomic E-state index is 13.3. The van der Waals surface area contributed by atoms with Gasteiger partial charge in [-0.05, 0) is 58.7 Å². The van der Waals surface area contributed by atoms with Gasteiger partial charge in [-0.3, -0.25) is 4.79 Å². The molecule has 2 rings (SSSR count). The largest absolute Gasteiger partial charge is 0.497 e. The Morgan fingerprint density at radius 2 is 1.91 bits per heavy atom. The lowest BCUT2D eigenvalue weighted by Crippen LogP contribution is -2.27. The summed E-state index contributed by atoms with van der Waals surface area (Å²) in [6, 6.07) is 8.09. The third-order valence-electron chi connectivity index (χ3n) is 3.21. The van der Waals surface area contributed by atoms with Gasteiger partial charge in [-0.25, -0.2) is 8.78 Å². The first-order valence-corrected chi connectivity index (χ1v) is 7.31. The number of nitrogens with one attached hydrogen (secondary N) is 1. The number of rotatable bonds is 4. The molecule has 1 unspecified atom stereocenters. The summed E-state index contributed by atoms with van der Waals surface area (Å²) in [5.41, 5.74) is 0.875. The number of halogens is 3. The topological polar surface area (TPSA) is 38.3 Å². The molecule has 2 aromatic carbocycles. The van der Waals surface area contributed by atoms with E-state index in [9.17, 15) is 13.6 Å². The first kappa shape index (κ1) is 16.4. The van der Waals surface area contributed by atoms with E-state index < -0.39 is 17.7 Å². The SMILES string of the molecule is COc1ccc(Br)c(C(=O)NC(C)c2ccc(F)c(F)c2)c1. The van der Waals surface area contributed by atoms with Gasteiger partial charge in [-0.1, -0.05) is 6.07 Å². The van der Waals surface area contributed by atoms with Crippen LogP contribution in [0.5, 0.6) is 5.75 Å². The number of carbonyl (C=O) groups excluding carboxylic acids is 1. The zero-order valence-electron chi connectivity index (χ0n) is 12.0. The van der Waals surface area contributed by atoms with Crippen LogP contribution >= 0.6 is 15.9 Å². The highest BCUT2D eigenvalue weighted by molar-refractivity contribution is 9.10. The Hall–Kier alpha value is -1.95. The summed E-state index contributed by atoms with van der Waals surface area (Å²) in [5.74, 6) is -1.66. The minimum atomic E-state index is -0.943. The fourth-order valence-electron chi connectivity index (χ4n) is 1.94. The second kappa shape index (κ2) is 6.87. The molecule has 0 heterocycles. The average molecular weight is 370 g/mol. The van der Waals surface area contributed by atoms with E-state index in [1.54, 1.807) is 25.1 Å². The van der Waals surface area contributed by atoms with E-state index in [0.717, 1.165) is 12.1 Å². The Kier molecular flexibility index (Phi) is 5.13. The van der Waals surface area contributed by atoms with Crippen LogP contribution in [0.2, 0.25) is 0 Å². The summed E-state index contributed by atoms with van der Waals surface area (Å²) < 4.78 is 31.9. The second-order valence-corrected chi connectivity index (χ2v) is 5.57. The van der Waals surface area contributed by atoms with E-state index in [-0.39, 0.29) is 5.91 Å². The number of hydrogen-bond donors (Lipinski definition) is 1. The maximum absolute atomic E-state index is 13.3. The van der Waals surface area contributed by atoms with Crippen molar-refractivity contribution in [3.8, 4) is 5.75 Å². The van der Waals surface area contributed by atoms with Gasteiger partial charge in [0.05, 0.1) is 18.7 Å². The minimum Gasteiger partial charge on any atom is -0.497 e. The van der Waals surface area contributed by atoms with Gasteiger partial charge in [0, 0.05) is 4.47 Å². The smallest absolute Gasteiger partial charge is 0.253 e. The first-order chi connectivity index (χ1) is 10.4. The molecule has 1 amide bonds. The number of methoxy groups -OCH3 is 1. The van der Waals surface area contributed by atoms with Crippen LogP contribution in [0, 0.1) is 11.6 Å². The summed E-state index contributed by atoms with van der Waals surface area (Å²) >= 11 is 3.30. The van der Waals surface area contributed by atoms with Crippen LogP contribution in [0.25, 0.3) is 0 Å². The molecule has 0 fully saturated rings. The Balaban J connectivity index is 2.19. The lowest BCUT2D eigenvalue weighted by molar-refractivity contribution is 0.0938. The summed E-state index contributed by atoms with van der Waals surface area (Å²) in [4.78, 5) is 12.3. The number of benzene rings is 2. The van der Waals surface area contributed by atoms with E-state index in [1.807, 2.05) is 0 Å². The van der Waals surface area contributed by atoms with E-state index in [0.29, 0.717) is 21.3 Å². The maximum Gasteiger partial charge on any atom is 0.253 e. The Morgan fingerprint density at radius 1 is 1.18 bits per heavy atom. The van der Waals surface area contributed by atoms with Crippen LogP contribution in [0.15, 0.2) is 40.9 Å². The molecule has 0 saturated carbocycles. The van der Waals surface area contributed by atoms with E-state index in [2.05, 4.69) is 21.2 Å². The lowest BCUT2D eigenvalue weighted by atomic mass is 10.1. The molecule has 0 radical (unpaired) electrons. The van der Waals surface area contributed by atoms with Gasteiger partial charge in [0.15, 0.2) is 11.6 Å². The molecular formula is C16H14BrF2NO2. The fourth-order valence-corrected chi connectivity index (χ4v) is 2.37. The van der Waals surface area contributed by atoms with Crippen molar-refractivity contribution < 1.29 is 18.3 Å². The molecule has 0 aromatic heterocycles. The van der Waals surface area contributed by atoms with Crippen LogP contribution in [-0.2, 0) is 0 Å². The Bertz CT molecular complexity index is 707. The number of carbonyl (C=O) groups is 1. The Morgan fingerprint density at radius 3 is 2.55 bits per heavy atom. The highest BCUT2D eigenvalue weighted by atomic mass is 79.9. The summed E-state index contributed by atoms with van der Waals surface area (Å²) in [7, 11) is 1.51. The predicted octanol–water partition coefficient (Wildman–Crippen LogP) is 4.23. The molecule has 0 aliphatic carbocycles. The van der Waals surface area contributed by atoms with Gasteiger partial charge in [-0.2, -0.15) is 0 Å². The number of hydrogen-bond acceptors (Lipinski definition) is 2. The van der Waals surface area contributed by atoms with Gasteiger partial charge in [0.25, 0.3) is 5.91 Å². The number of amides is 1. The van der Waals surface area contributed by atoms with Gasteiger partial charge in [0.2, 0.25) is 0 Å². The zero-order chi connectivity index (χ0) is 16.3. The highest BCUT2D eigenvalue weighted by Gasteiger charge is 2.16. The third kappa shape index (κ3) is 3.62. The van der Waals surface area contributed by atoms with Crippen molar-refractivity contribution in [2.75, 3.05) is 7.11 Å². The summed E-state index contributed by atoms with van der Waals surface area (Å²) in [5, 5.41) is 2.74. The lowest BCUT2D eigenvalue weighted by Gasteiger charge is -2.15. The minimum absolute atomic E-state index is 0.344. The van der Waals surface area contributed by atoms with E-state index in [4.69, 9.17) is 4.74 Å². The van der Waals surface area contributed by atoms with Crippen LogP contribution in [-0.4, -0.2) is 13.0 Å². The van der Waals surface area contributed by atoms with Crippen molar-refractivity contribution in [3.63, 3.8) is 0 Å². The van der Waals surface area contributed by atoms with E-state index in [1.165, 1.54) is 13.2 Å². The average Bonchev–Trinajstić information content (AvgIpc) is 2.50. The molecule has 0 aliphatic heterocycles. The zero-order valence-corrected chi connectivity index (χ0v) is 13.6. The summed E-state index contributed by atoms with van der Waals surface area (Å²) in [6.07, 6.45) is 0. The van der Waals surface area contributed by atoms with Crippen molar-refractivity contribution in [3.05, 3.63) is 63.6 Å². The van der Waals surface area contributed by atoms with Gasteiger partial charge in [-0.15, -0.1) is 0 Å². The molecule has 6 heteroatoms. The number of ether oxygens (including phenoxy) is 1. The van der Waals surface area contributed by atoms with E-state index >= 15 is 0 Å². The first-order valence-electron chi connectivity index (χ1n) is 6.51. The van der Waals surface area contributed by atoms with Crippen LogP contribution < -0.4 is 10.1 Å². The molecule has 0 saturated heterocycles. The molecule has 2 aromatic rings. The molecule has 3 nitrogen and oxygen atoms in total. The van der Waals surface area contributed by atoms with Crippen LogP contribution in [0.4, 0.5) is 8.78 Å². The molecule has 116 valence electrons. The second-order valence-electron chi connectivity index (χ2n) is 4.71. The third-order valence-corrected chi connectivity index (χ3v) is 3.90. The van der Waals surface area contributed by atoms with Gasteiger partial charge in [0.1, 0.15) is 5.75 Å². The molecule has 1 atom stereocenters. The molecule has 0 aliphatic rings. The molecule has 1 N–H and O–H groups in total. The van der Waals surface area contributed by atoms with Gasteiger partial charge < -0.3 is 10.1 Å². The summed E-state index contributed by atoms with van der Waals surface area (Å²) in [6.45, 7) is 1.69. The standard InChI is InChI=1S/C16H14BrF2NO2/c1-9(10-3-6-14(18)15(19)7-10)20-16(21)12-8-11(22-2)4-5-13(12)17/h3-9H,1-2H3,(H,20,21).